The molecule has 0 saturated heterocycles. The molecule has 1 aliphatic carbocycles. The predicted octanol–water partition coefficient (Wildman–Crippen LogP) is 2.65. The van der Waals surface area contributed by atoms with Crippen molar-refractivity contribution >= 4 is 5.91 Å². The molecule has 2 N–H and O–H groups in total. The number of nitrogens with one attached hydrogen (secondary N) is 1. The van der Waals surface area contributed by atoms with E-state index in [2.05, 4.69) is 10.3 Å². The van der Waals surface area contributed by atoms with Gasteiger partial charge in [0.15, 0.2) is 0 Å². The lowest BCUT2D eigenvalue weighted by atomic mass is 10.1. The van der Waals surface area contributed by atoms with Gasteiger partial charge in [-0.1, -0.05) is 24.3 Å². The highest BCUT2D eigenvalue weighted by atomic mass is 16.5. The maximum Gasteiger partial charge on any atom is 0.253 e. The SMILES string of the molecule is CC(C)(C)Oc1ccc(C(=O)NC2c3ccccc3CC2O)cn1. The van der Waals surface area contributed by atoms with Gasteiger partial charge in [-0.2, -0.15) is 0 Å². The Bertz CT molecular complexity index is 735. The zero-order valence-corrected chi connectivity index (χ0v) is 14.1. The third kappa shape index (κ3) is 3.57. The molecule has 1 heterocycles. The summed E-state index contributed by atoms with van der Waals surface area (Å²) in [6.45, 7) is 5.82. The van der Waals surface area contributed by atoms with Gasteiger partial charge in [0.2, 0.25) is 5.88 Å². The maximum absolute atomic E-state index is 12.4. The number of hydrogen-bond donors (Lipinski definition) is 2. The van der Waals surface area contributed by atoms with Gasteiger partial charge < -0.3 is 15.2 Å². The standard InChI is InChI=1S/C19H22N2O3/c1-19(2,3)24-16-9-8-13(11-20-16)18(23)21-17-14-7-5-4-6-12(14)10-15(17)22/h4-9,11,15,17,22H,10H2,1-3H3,(H,21,23). The van der Waals surface area contributed by atoms with Crippen molar-refractivity contribution in [3.8, 4) is 5.88 Å². The van der Waals surface area contributed by atoms with E-state index in [1.165, 1.54) is 6.20 Å². The molecule has 5 nitrogen and oxygen atoms in total. The van der Waals surface area contributed by atoms with Crippen molar-refractivity contribution in [3.63, 3.8) is 0 Å². The molecule has 3 rings (SSSR count). The van der Waals surface area contributed by atoms with Gasteiger partial charge in [0.25, 0.3) is 5.91 Å². The number of amides is 1. The van der Waals surface area contributed by atoms with Crippen LogP contribution in [0.15, 0.2) is 42.6 Å². The summed E-state index contributed by atoms with van der Waals surface area (Å²) in [5.41, 5.74) is 2.14. The number of fused-ring (bicyclic) bond motifs is 1. The number of ether oxygens (including phenoxy) is 1. The Hall–Kier alpha value is -2.40. The van der Waals surface area contributed by atoms with Crippen LogP contribution in [0.1, 0.15) is 48.3 Å². The number of hydrogen-bond acceptors (Lipinski definition) is 4. The Kier molecular flexibility index (Phi) is 4.28. The molecule has 1 aliphatic rings. The van der Waals surface area contributed by atoms with Crippen LogP contribution in [0.25, 0.3) is 0 Å². The lowest BCUT2D eigenvalue weighted by Gasteiger charge is -2.20. The van der Waals surface area contributed by atoms with E-state index >= 15 is 0 Å². The van der Waals surface area contributed by atoms with E-state index in [0.29, 0.717) is 17.9 Å². The topological polar surface area (TPSA) is 71.5 Å². The quantitative estimate of drug-likeness (QED) is 0.909. The summed E-state index contributed by atoms with van der Waals surface area (Å²) < 4.78 is 5.65. The molecule has 0 fully saturated rings. The molecule has 2 atom stereocenters. The highest BCUT2D eigenvalue weighted by molar-refractivity contribution is 5.94. The molecule has 0 aliphatic heterocycles. The number of nitrogens with zero attached hydrogens (tertiary/aromatic N) is 1. The minimum atomic E-state index is -0.609. The lowest BCUT2D eigenvalue weighted by Crippen LogP contribution is -2.34. The number of pyridine rings is 1. The zero-order valence-electron chi connectivity index (χ0n) is 14.1. The molecule has 1 aromatic carbocycles. The first-order valence-corrected chi connectivity index (χ1v) is 8.05. The number of aromatic nitrogens is 1. The Morgan fingerprint density at radius 3 is 2.67 bits per heavy atom. The van der Waals surface area contributed by atoms with Crippen molar-refractivity contribution in [2.24, 2.45) is 0 Å². The van der Waals surface area contributed by atoms with Crippen molar-refractivity contribution in [2.45, 2.75) is 44.9 Å². The summed E-state index contributed by atoms with van der Waals surface area (Å²) in [6, 6.07) is 10.7. The van der Waals surface area contributed by atoms with Gasteiger partial charge in [-0.3, -0.25) is 4.79 Å². The van der Waals surface area contributed by atoms with Crippen LogP contribution in [-0.2, 0) is 6.42 Å². The lowest BCUT2D eigenvalue weighted by molar-refractivity contribution is 0.0857. The van der Waals surface area contributed by atoms with E-state index in [1.54, 1.807) is 12.1 Å². The number of carbonyl (C=O) groups excluding carboxylic acids is 1. The van der Waals surface area contributed by atoms with Crippen LogP contribution in [0.5, 0.6) is 5.88 Å². The van der Waals surface area contributed by atoms with E-state index < -0.39 is 6.10 Å². The van der Waals surface area contributed by atoms with Crippen molar-refractivity contribution < 1.29 is 14.6 Å². The fourth-order valence-corrected chi connectivity index (χ4v) is 2.86. The second-order valence-electron chi connectivity index (χ2n) is 7.02. The molecule has 0 spiro atoms. The molecular formula is C19H22N2O3. The molecule has 0 bridgehead atoms. The zero-order chi connectivity index (χ0) is 17.3. The van der Waals surface area contributed by atoms with Crippen LogP contribution >= 0.6 is 0 Å². The predicted molar refractivity (Wildman–Crippen MR) is 91.0 cm³/mol. The molecule has 0 radical (unpaired) electrons. The molecule has 1 aromatic heterocycles. The molecule has 24 heavy (non-hydrogen) atoms. The van der Waals surface area contributed by atoms with Crippen LogP contribution in [-0.4, -0.2) is 27.7 Å². The van der Waals surface area contributed by atoms with Gasteiger partial charge in [-0.25, -0.2) is 4.98 Å². The smallest absolute Gasteiger partial charge is 0.253 e. The average molecular weight is 326 g/mol. The fourth-order valence-electron chi connectivity index (χ4n) is 2.86. The van der Waals surface area contributed by atoms with Crippen molar-refractivity contribution in [3.05, 3.63) is 59.3 Å². The third-order valence-electron chi connectivity index (χ3n) is 3.90. The van der Waals surface area contributed by atoms with Crippen molar-refractivity contribution in [2.75, 3.05) is 0 Å². The van der Waals surface area contributed by atoms with Crippen molar-refractivity contribution in [1.29, 1.82) is 0 Å². The first-order valence-electron chi connectivity index (χ1n) is 8.05. The highest BCUT2D eigenvalue weighted by Crippen LogP contribution is 2.31. The number of carbonyl (C=O) groups is 1. The van der Waals surface area contributed by atoms with E-state index in [9.17, 15) is 9.90 Å². The van der Waals surface area contributed by atoms with E-state index in [1.807, 2.05) is 45.0 Å². The molecule has 2 aromatic rings. The number of benzene rings is 1. The van der Waals surface area contributed by atoms with Crippen LogP contribution in [0, 0.1) is 0 Å². The minimum absolute atomic E-state index is 0.259. The van der Waals surface area contributed by atoms with E-state index in [4.69, 9.17) is 4.74 Å². The van der Waals surface area contributed by atoms with Crippen molar-refractivity contribution in [1.82, 2.24) is 10.3 Å². The van der Waals surface area contributed by atoms with Gasteiger partial charge >= 0.3 is 0 Å². The molecule has 5 heteroatoms. The van der Waals surface area contributed by atoms with Crippen LogP contribution in [0.3, 0.4) is 0 Å². The Labute approximate surface area is 141 Å². The van der Waals surface area contributed by atoms with Gasteiger partial charge in [-0.05, 0) is 38.0 Å². The summed E-state index contributed by atoms with van der Waals surface area (Å²) in [5.74, 6) is 0.218. The summed E-state index contributed by atoms with van der Waals surface area (Å²) in [5, 5.41) is 13.1. The molecule has 0 saturated carbocycles. The van der Waals surface area contributed by atoms with Gasteiger partial charge in [-0.15, -0.1) is 0 Å². The second kappa shape index (κ2) is 6.24. The van der Waals surface area contributed by atoms with Gasteiger partial charge in [0.05, 0.1) is 17.7 Å². The second-order valence-corrected chi connectivity index (χ2v) is 7.02. The van der Waals surface area contributed by atoms with Gasteiger partial charge in [0.1, 0.15) is 5.60 Å². The summed E-state index contributed by atoms with van der Waals surface area (Å²) in [7, 11) is 0. The average Bonchev–Trinajstić information content (AvgIpc) is 2.82. The first-order chi connectivity index (χ1) is 11.3. The van der Waals surface area contributed by atoms with E-state index in [0.717, 1.165) is 11.1 Å². The number of aliphatic hydroxyl groups excluding tert-OH is 1. The first kappa shape index (κ1) is 16.5. The van der Waals surface area contributed by atoms with Crippen LogP contribution < -0.4 is 10.1 Å². The maximum atomic E-state index is 12.4. The Morgan fingerprint density at radius 2 is 2.00 bits per heavy atom. The van der Waals surface area contributed by atoms with E-state index in [-0.39, 0.29) is 17.6 Å². The summed E-state index contributed by atoms with van der Waals surface area (Å²) in [6.07, 6.45) is 1.43. The molecular weight excluding hydrogens is 304 g/mol. The van der Waals surface area contributed by atoms with Crippen LogP contribution in [0.4, 0.5) is 0 Å². The Morgan fingerprint density at radius 1 is 1.25 bits per heavy atom. The largest absolute Gasteiger partial charge is 0.472 e. The normalized spacial score (nSPS) is 19.7. The molecule has 2 unspecified atom stereocenters. The minimum Gasteiger partial charge on any atom is -0.472 e. The number of rotatable bonds is 3. The highest BCUT2D eigenvalue weighted by Gasteiger charge is 2.32. The third-order valence-corrected chi connectivity index (χ3v) is 3.90. The van der Waals surface area contributed by atoms with Gasteiger partial charge in [0, 0.05) is 18.7 Å². The summed E-state index contributed by atoms with van der Waals surface area (Å²) in [4.78, 5) is 16.6. The molecule has 1 amide bonds. The monoisotopic (exact) mass is 326 g/mol. The number of aliphatic hydroxyl groups is 1. The Balaban J connectivity index is 1.71. The fraction of sp³-hybridized carbons (Fsp3) is 0.368. The van der Waals surface area contributed by atoms with Crippen LogP contribution in [0.2, 0.25) is 0 Å². The molecule has 126 valence electrons. The summed E-state index contributed by atoms with van der Waals surface area (Å²) >= 11 is 0.